The molecule has 1 unspecified atom stereocenters. The van der Waals surface area contributed by atoms with E-state index in [-0.39, 0.29) is 6.03 Å². The first-order valence-corrected chi connectivity index (χ1v) is 7.33. The van der Waals surface area contributed by atoms with Crippen molar-refractivity contribution in [3.8, 4) is 5.75 Å². The lowest BCUT2D eigenvalue weighted by atomic mass is 10.3. The van der Waals surface area contributed by atoms with Crippen LogP contribution in [0, 0.1) is 0 Å². The zero-order valence-electron chi connectivity index (χ0n) is 11.4. The summed E-state index contributed by atoms with van der Waals surface area (Å²) in [4.78, 5) is 22.2. The van der Waals surface area contributed by atoms with E-state index in [0.717, 1.165) is 0 Å². The Kier molecular flexibility index (Phi) is 6.72. The number of para-hydroxylation sites is 2. The van der Waals surface area contributed by atoms with Crippen molar-refractivity contribution in [3.05, 3.63) is 24.3 Å². The molecule has 0 aliphatic heterocycles. The third kappa shape index (κ3) is 5.83. The van der Waals surface area contributed by atoms with Crippen molar-refractivity contribution >= 4 is 29.4 Å². The van der Waals surface area contributed by atoms with E-state index in [9.17, 15) is 9.59 Å². The second-order valence-corrected chi connectivity index (χ2v) is 5.34. The van der Waals surface area contributed by atoms with Crippen LogP contribution in [0.5, 0.6) is 5.75 Å². The molecular formula is C13H18N2O4S. The van der Waals surface area contributed by atoms with Gasteiger partial charge in [-0.05, 0) is 18.4 Å². The van der Waals surface area contributed by atoms with Crippen LogP contribution in [0.1, 0.15) is 6.92 Å². The molecule has 110 valence electrons. The molecule has 0 aliphatic carbocycles. The normalized spacial score (nSPS) is 11.5. The van der Waals surface area contributed by atoms with Crippen LogP contribution in [0.25, 0.3) is 0 Å². The molecule has 6 nitrogen and oxygen atoms in total. The Morgan fingerprint density at radius 3 is 2.75 bits per heavy atom. The maximum Gasteiger partial charge on any atom is 0.341 e. The van der Waals surface area contributed by atoms with Gasteiger partial charge in [0.2, 0.25) is 0 Å². The molecule has 2 amide bonds. The molecule has 0 radical (unpaired) electrons. The lowest BCUT2D eigenvalue weighted by Gasteiger charge is -2.13. The number of urea groups is 1. The molecule has 0 spiro atoms. The third-order valence-corrected chi connectivity index (χ3v) is 3.41. The van der Waals surface area contributed by atoms with Crippen molar-refractivity contribution in [2.45, 2.75) is 12.2 Å². The summed E-state index contributed by atoms with van der Waals surface area (Å²) >= 11 is 1.66. The number of anilines is 1. The van der Waals surface area contributed by atoms with Gasteiger partial charge in [0.05, 0.1) is 5.69 Å². The lowest BCUT2D eigenvalue weighted by molar-refractivity contribution is -0.139. The second-order valence-electron chi connectivity index (χ2n) is 4.06. The highest BCUT2D eigenvalue weighted by atomic mass is 32.2. The molecule has 7 heteroatoms. The van der Waals surface area contributed by atoms with Crippen LogP contribution in [-0.2, 0) is 4.79 Å². The summed E-state index contributed by atoms with van der Waals surface area (Å²) < 4.78 is 5.10. The number of hydrogen-bond donors (Lipinski definition) is 3. The number of amides is 2. The quantitative estimate of drug-likeness (QED) is 0.717. The monoisotopic (exact) mass is 298 g/mol. The zero-order chi connectivity index (χ0) is 15.0. The molecule has 3 N–H and O–H groups in total. The van der Waals surface area contributed by atoms with Gasteiger partial charge in [-0.25, -0.2) is 9.59 Å². The van der Waals surface area contributed by atoms with Crippen molar-refractivity contribution in [1.82, 2.24) is 5.32 Å². The van der Waals surface area contributed by atoms with Gasteiger partial charge in [-0.1, -0.05) is 19.1 Å². The van der Waals surface area contributed by atoms with Gasteiger partial charge in [-0.3, -0.25) is 0 Å². The van der Waals surface area contributed by atoms with E-state index >= 15 is 0 Å². The minimum Gasteiger partial charge on any atom is -0.480 e. The molecule has 0 saturated carbocycles. The Hall–Kier alpha value is -1.89. The number of ether oxygens (including phenoxy) is 1. The summed E-state index contributed by atoms with van der Waals surface area (Å²) in [5, 5.41) is 14.3. The van der Waals surface area contributed by atoms with E-state index in [1.54, 1.807) is 36.0 Å². The molecule has 20 heavy (non-hydrogen) atoms. The van der Waals surface area contributed by atoms with Gasteiger partial charge in [0, 0.05) is 11.8 Å². The average molecular weight is 298 g/mol. The number of carbonyl (C=O) groups is 2. The summed E-state index contributed by atoms with van der Waals surface area (Å²) in [6.45, 7) is 2.10. The Labute approximate surface area is 121 Å². The standard InChI is InChI=1S/C13H18N2O4S/c1-9(20-2)7-14-13(18)15-10-5-3-4-6-11(10)19-8-12(16)17/h3-6,9H,7-8H2,1-2H3,(H,16,17)(H2,14,15,18). The number of carbonyl (C=O) groups excluding carboxylic acids is 1. The summed E-state index contributed by atoms with van der Waals surface area (Å²) in [5.41, 5.74) is 0.433. The SMILES string of the molecule is CSC(C)CNC(=O)Nc1ccccc1OCC(=O)O. The van der Waals surface area contributed by atoms with Crippen LogP contribution < -0.4 is 15.4 Å². The number of carboxylic acid groups (broad SMARTS) is 1. The fraction of sp³-hybridized carbons (Fsp3) is 0.385. The Morgan fingerprint density at radius 2 is 2.10 bits per heavy atom. The van der Waals surface area contributed by atoms with Gasteiger partial charge in [0.25, 0.3) is 0 Å². The minimum absolute atomic E-state index is 0.319. The number of rotatable bonds is 7. The maximum absolute atomic E-state index is 11.7. The van der Waals surface area contributed by atoms with Gasteiger partial charge in [-0.15, -0.1) is 0 Å². The second kappa shape index (κ2) is 8.31. The summed E-state index contributed by atoms with van der Waals surface area (Å²) in [7, 11) is 0. The molecule has 1 atom stereocenters. The van der Waals surface area contributed by atoms with Gasteiger partial charge in [0.1, 0.15) is 5.75 Å². The first kappa shape index (κ1) is 16.2. The largest absolute Gasteiger partial charge is 0.480 e. The van der Waals surface area contributed by atoms with E-state index in [1.807, 2.05) is 13.2 Å². The van der Waals surface area contributed by atoms with Crippen molar-refractivity contribution in [2.75, 3.05) is 24.7 Å². The fourth-order valence-electron chi connectivity index (χ4n) is 1.32. The molecular weight excluding hydrogens is 280 g/mol. The summed E-state index contributed by atoms with van der Waals surface area (Å²) in [6.07, 6.45) is 1.97. The third-order valence-electron chi connectivity index (χ3n) is 2.44. The lowest BCUT2D eigenvalue weighted by Crippen LogP contribution is -2.33. The van der Waals surface area contributed by atoms with E-state index in [2.05, 4.69) is 10.6 Å². The first-order valence-electron chi connectivity index (χ1n) is 6.04. The van der Waals surface area contributed by atoms with Crippen LogP contribution in [0.3, 0.4) is 0 Å². The number of carboxylic acids is 1. The number of nitrogens with one attached hydrogen (secondary N) is 2. The zero-order valence-corrected chi connectivity index (χ0v) is 12.2. The van der Waals surface area contributed by atoms with E-state index in [0.29, 0.717) is 23.2 Å². The highest BCUT2D eigenvalue weighted by molar-refractivity contribution is 7.99. The smallest absolute Gasteiger partial charge is 0.341 e. The van der Waals surface area contributed by atoms with Crippen molar-refractivity contribution < 1.29 is 19.4 Å². The topological polar surface area (TPSA) is 87.7 Å². The van der Waals surface area contributed by atoms with Gasteiger partial charge in [-0.2, -0.15) is 11.8 Å². The molecule has 0 aliphatic rings. The van der Waals surface area contributed by atoms with Gasteiger partial charge < -0.3 is 20.5 Å². The molecule has 1 rings (SSSR count). The highest BCUT2D eigenvalue weighted by Crippen LogP contribution is 2.23. The number of aliphatic carboxylic acids is 1. The molecule has 0 bridgehead atoms. The maximum atomic E-state index is 11.7. The van der Waals surface area contributed by atoms with E-state index < -0.39 is 12.6 Å². The van der Waals surface area contributed by atoms with Crippen LogP contribution in [0.15, 0.2) is 24.3 Å². The van der Waals surface area contributed by atoms with Crippen molar-refractivity contribution in [1.29, 1.82) is 0 Å². The van der Waals surface area contributed by atoms with Crippen LogP contribution in [0.2, 0.25) is 0 Å². The first-order chi connectivity index (χ1) is 9.52. The number of benzene rings is 1. The van der Waals surface area contributed by atoms with Crippen LogP contribution >= 0.6 is 11.8 Å². The van der Waals surface area contributed by atoms with Crippen LogP contribution in [0.4, 0.5) is 10.5 Å². The van der Waals surface area contributed by atoms with Crippen LogP contribution in [-0.4, -0.2) is 41.8 Å². The Morgan fingerprint density at radius 1 is 1.40 bits per heavy atom. The Balaban J connectivity index is 2.57. The van der Waals surface area contributed by atoms with Crippen molar-refractivity contribution in [2.24, 2.45) is 0 Å². The molecule has 0 heterocycles. The summed E-state index contributed by atoms with van der Waals surface area (Å²) in [6, 6.07) is 6.33. The van der Waals surface area contributed by atoms with E-state index in [1.165, 1.54) is 0 Å². The fourth-order valence-corrected chi connectivity index (χ4v) is 1.57. The predicted molar refractivity (Wildman–Crippen MR) is 79.6 cm³/mol. The molecule has 0 saturated heterocycles. The van der Waals surface area contributed by atoms with Gasteiger partial charge >= 0.3 is 12.0 Å². The van der Waals surface area contributed by atoms with Crippen molar-refractivity contribution in [3.63, 3.8) is 0 Å². The van der Waals surface area contributed by atoms with Gasteiger partial charge in [0.15, 0.2) is 6.61 Å². The summed E-state index contributed by atoms with van der Waals surface area (Å²) in [5.74, 6) is -0.749. The number of thioether (sulfide) groups is 1. The molecule has 1 aromatic rings. The Bertz CT molecular complexity index is 467. The molecule has 0 aromatic heterocycles. The number of hydrogen-bond acceptors (Lipinski definition) is 4. The highest BCUT2D eigenvalue weighted by Gasteiger charge is 2.09. The predicted octanol–water partition coefficient (Wildman–Crippen LogP) is 2.02. The van der Waals surface area contributed by atoms with E-state index in [4.69, 9.17) is 9.84 Å². The minimum atomic E-state index is -1.07. The average Bonchev–Trinajstić information content (AvgIpc) is 2.43. The molecule has 0 fully saturated rings. The molecule has 1 aromatic carbocycles.